The van der Waals surface area contributed by atoms with Crippen molar-refractivity contribution < 1.29 is 4.79 Å². The van der Waals surface area contributed by atoms with Crippen molar-refractivity contribution in [3.8, 4) is 21.0 Å². The van der Waals surface area contributed by atoms with Crippen LogP contribution in [-0.4, -0.2) is 10.9 Å². The van der Waals surface area contributed by atoms with Crippen LogP contribution in [0, 0.1) is 6.92 Å². The summed E-state index contributed by atoms with van der Waals surface area (Å²) in [5.74, 6) is 0.0324. The Labute approximate surface area is 193 Å². The highest BCUT2D eigenvalue weighted by atomic mass is 32.1. The first-order chi connectivity index (χ1) is 15.7. The van der Waals surface area contributed by atoms with Crippen molar-refractivity contribution in [3.63, 3.8) is 0 Å². The molecule has 0 unspecified atom stereocenters. The van der Waals surface area contributed by atoms with E-state index in [9.17, 15) is 4.79 Å². The van der Waals surface area contributed by atoms with Gasteiger partial charge in [-0.1, -0.05) is 84.4 Å². The summed E-state index contributed by atoms with van der Waals surface area (Å²) in [6.45, 7) is 2.09. The van der Waals surface area contributed by atoms with E-state index in [2.05, 4.69) is 72.9 Å². The minimum Gasteiger partial charge on any atom is -0.349 e. The number of carbonyl (C=O) groups excluding carboxylic acids is 1. The van der Waals surface area contributed by atoms with Crippen LogP contribution >= 0.6 is 11.3 Å². The lowest BCUT2D eigenvalue weighted by Gasteiger charge is -2.26. The summed E-state index contributed by atoms with van der Waals surface area (Å²) in [7, 11) is 0. The molecule has 1 aliphatic carbocycles. The number of amides is 1. The van der Waals surface area contributed by atoms with Crippen molar-refractivity contribution in [1.29, 1.82) is 0 Å². The van der Waals surface area contributed by atoms with Crippen molar-refractivity contribution in [2.75, 3.05) is 0 Å². The first-order valence-corrected chi connectivity index (χ1v) is 12.0. The number of aryl methyl sites for hydroxylation is 2. The number of hydrogen-bond acceptors (Lipinski definition) is 3. The third kappa shape index (κ3) is 4.37. The monoisotopic (exact) mass is 438 g/mol. The van der Waals surface area contributed by atoms with Crippen molar-refractivity contribution in [2.45, 2.75) is 38.6 Å². The number of aromatic nitrogens is 1. The molecule has 1 atom stereocenters. The van der Waals surface area contributed by atoms with Crippen LogP contribution < -0.4 is 5.32 Å². The second-order valence-electron chi connectivity index (χ2n) is 8.41. The molecule has 1 aliphatic rings. The summed E-state index contributed by atoms with van der Waals surface area (Å²) in [5.41, 5.74) is 6.87. The fourth-order valence-electron chi connectivity index (χ4n) is 4.41. The minimum absolute atomic E-state index is 0.0324. The molecule has 5 rings (SSSR count). The van der Waals surface area contributed by atoms with Crippen LogP contribution in [0.3, 0.4) is 0 Å². The fourth-order valence-corrected chi connectivity index (χ4v) is 5.50. The van der Waals surface area contributed by atoms with Crippen LogP contribution in [-0.2, 0) is 17.6 Å². The van der Waals surface area contributed by atoms with Crippen molar-refractivity contribution in [1.82, 2.24) is 10.3 Å². The highest BCUT2D eigenvalue weighted by Gasteiger charge is 2.23. The summed E-state index contributed by atoms with van der Waals surface area (Å²) in [5, 5.41) is 4.24. The molecule has 160 valence electrons. The van der Waals surface area contributed by atoms with Crippen LogP contribution in [0.1, 0.15) is 41.3 Å². The molecule has 0 saturated carbocycles. The maximum Gasteiger partial charge on any atom is 0.226 e. The Morgan fingerprint density at radius 1 is 0.969 bits per heavy atom. The van der Waals surface area contributed by atoms with Crippen molar-refractivity contribution >= 4 is 17.2 Å². The lowest BCUT2D eigenvalue weighted by Crippen LogP contribution is -2.32. The molecule has 0 saturated heterocycles. The smallest absolute Gasteiger partial charge is 0.226 e. The highest BCUT2D eigenvalue weighted by molar-refractivity contribution is 7.18. The van der Waals surface area contributed by atoms with Gasteiger partial charge in [-0.3, -0.25) is 4.79 Å². The second-order valence-corrected chi connectivity index (χ2v) is 9.41. The average molecular weight is 439 g/mol. The summed E-state index contributed by atoms with van der Waals surface area (Å²) < 4.78 is 0. The second kappa shape index (κ2) is 9.09. The molecule has 1 heterocycles. The van der Waals surface area contributed by atoms with E-state index in [1.54, 1.807) is 11.3 Å². The first kappa shape index (κ1) is 20.7. The molecule has 32 heavy (non-hydrogen) atoms. The van der Waals surface area contributed by atoms with E-state index in [0.29, 0.717) is 0 Å². The Morgan fingerprint density at radius 2 is 1.72 bits per heavy atom. The van der Waals surface area contributed by atoms with Crippen LogP contribution in [0.25, 0.3) is 21.0 Å². The van der Waals surface area contributed by atoms with Gasteiger partial charge in [0.1, 0.15) is 5.01 Å². The molecule has 1 N–H and O–H groups in total. The van der Waals surface area contributed by atoms with Crippen LogP contribution in [0.4, 0.5) is 0 Å². The summed E-state index contributed by atoms with van der Waals surface area (Å²) >= 11 is 1.66. The van der Waals surface area contributed by atoms with Gasteiger partial charge in [0.15, 0.2) is 0 Å². The van der Waals surface area contributed by atoms with E-state index in [-0.39, 0.29) is 18.4 Å². The van der Waals surface area contributed by atoms with Crippen molar-refractivity contribution in [2.24, 2.45) is 0 Å². The molecule has 0 spiro atoms. The molecule has 0 aliphatic heterocycles. The Morgan fingerprint density at radius 3 is 2.53 bits per heavy atom. The molecule has 1 aromatic heterocycles. The first-order valence-electron chi connectivity index (χ1n) is 11.2. The SMILES string of the molecule is Cc1ccc(-c2sc(-c3ccccc3)nc2CC(=O)N[C@@H]2CCCc3ccccc32)cc1. The van der Waals surface area contributed by atoms with Gasteiger partial charge in [-0.15, -0.1) is 11.3 Å². The summed E-state index contributed by atoms with van der Waals surface area (Å²) in [6, 6.07) is 27.2. The number of rotatable bonds is 5. The van der Waals surface area contributed by atoms with Crippen LogP contribution in [0.5, 0.6) is 0 Å². The van der Waals surface area contributed by atoms with Gasteiger partial charge in [-0.2, -0.15) is 0 Å². The predicted molar refractivity (Wildman–Crippen MR) is 132 cm³/mol. The number of nitrogens with zero attached hydrogens (tertiary/aromatic N) is 1. The highest BCUT2D eigenvalue weighted by Crippen LogP contribution is 2.36. The largest absolute Gasteiger partial charge is 0.349 e. The zero-order valence-corrected chi connectivity index (χ0v) is 19.0. The summed E-state index contributed by atoms with van der Waals surface area (Å²) in [6.07, 6.45) is 3.46. The van der Waals surface area contributed by atoms with Gasteiger partial charge in [0.2, 0.25) is 5.91 Å². The number of nitrogens with one attached hydrogen (secondary N) is 1. The molecule has 1 amide bonds. The predicted octanol–water partition coefficient (Wildman–Crippen LogP) is 6.52. The molecule has 0 fully saturated rings. The molecule has 3 aromatic carbocycles. The number of thiazole rings is 1. The Hall–Kier alpha value is -3.24. The number of carbonyl (C=O) groups is 1. The third-order valence-corrected chi connectivity index (χ3v) is 7.26. The lowest BCUT2D eigenvalue weighted by molar-refractivity contribution is -0.121. The van der Waals surface area contributed by atoms with Gasteiger partial charge in [0.25, 0.3) is 0 Å². The molecule has 3 nitrogen and oxygen atoms in total. The third-order valence-electron chi connectivity index (χ3n) is 6.06. The van der Waals surface area contributed by atoms with E-state index >= 15 is 0 Å². The van der Waals surface area contributed by atoms with Gasteiger partial charge < -0.3 is 5.32 Å². The van der Waals surface area contributed by atoms with Gasteiger partial charge >= 0.3 is 0 Å². The lowest BCUT2D eigenvalue weighted by atomic mass is 9.87. The van der Waals surface area contributed by atoms with E-state index < -0.39 is 0 Å². The maximum absolute atomic E-state index is 13.1. The van der Waals surface area contributed by atoms with E-state index in [1.807, 2.05) is 18.2 Å². The standard InChI is InChI=1S/C28H26N2OS/c1-19-14-16-21(17-15-19)27-25(30-28(32-27)22-9-3-2-4-10-22)18-26(31)29-24-13-7-11-20-8-5-6-12-23(20)24/h2-6,8-10,12,14-17,24H,7,11,13,18H2,1H3,(H,29,31)/t24-/m1/s1. The zero-order chi connectivity index (χ0) is 21.9. The normalized spacial score (nSPS) is 15.2. The van der Waals surface area contributed by atoms with Gasteiger partial charge in [0.05, 0.1) is 23.0 Å². The summed E-state index contributed by atoms with van der Waals surface area (Å²) in [4.78, 5) is 19.1. The Bertz CT molecular complexity index is 1230. The molecule has 0 radical (unpaired) electrons. The van der Waals surface area contributed by atoms with E-state index in [4.69, 9.17) is 4.98 Å². The van der Waals surface area contributed by atoms with E-state index in [1.165, 1.54) is 16.7 Å². The van der Waals surface area contributed by atoms with Gasteiger partial charge in [0, 0.05) is 5.56 Å². The number of benzene rings is 3. The number of fused-ring (bicyclic) bond motifs is 1. The van der Waals surface area contributed by atoms with Gasteiger partial charge in [-0.25, -0.2) is 4.98 Å². The van der Waals surface area contributed by atoms with Crippen LogP contribution in [0.15, 0.2) is 78.9 Å². The zero-order valence-electron chi connectivity index (χ0n) is 18.2. The Kier molecular flexibility index (Phi) is 5.87. The quantitative estimate of drug-likeness (QED) is 0.385. The molecular weight excluding hydrogens is 412 g/mol. The minimum atomic E-state index is 0.0324. The molecule has 4 heteroatoms. The van der Waals surface area contributed by atoms with E-state index in [0.717, 1.165) is 46.0 Å². The fraction of sp³-hybridized carbons (Fsp3) is 0.214. The van der Waals surface area contributed by atoms with Crippen LogP contribution in [0.2, 0.25) is 0 Å². The topological polar surface area (TPSA) is 42.0 Å². The number of hydrogen-bond donors (Lipinski definition) is 1. The van der Waals surface area contributed by atoms with Gasteiger partial charge in [-0.05, 0) is 42.9 Å². The van der Waals surface area contributed by atoms with Crippen molar-refractivity contribution in [3.05, 3.63) is 101 Å². The maximum atomic E-state index is 13.1. The average Bonchev–Trinajstić information content (AvgIpc) is 3.24. The molecular formula is C28H26N2OS. The Balaban J connectivity index is 1.43. The molecule has 4 aromatic rings. The molecule has 0 bridgehead atoms.